The van der Waals surface area contributed by atoms with Crippen LogP contribution < -0.4 is 9.62 Å². The van der Waals surface area contributed by atoms with Crippen molar-refractivity contribution < 1.29 is 18.0 Å². The van der Waals surface area contributed by atoms with Crippen LogP contribution in [0.4, 0.5) is 5.69 Å². The molecular weight excluding hydrogens is 602 g/mol. The third kappa shape index (κ3) is 7.98. The predicted molar refractivity (Wildman–Crippen MR) is 166 cm³/mol. The number of amides is 2. The van der Waals surface area contributed by atoms with Crippen LogP contribution >= 0.6 is 15.9 Å². The van der Waals surface area contributed by atoms with E-state index in [9.17, 15) is 18.0 Å². The summed E-state index contributed by atoms with van der Waals surface area (Å²) in [4.78, 5) is 29.1. The van der Waals surface area contributed by atoms with Gasteiger partial charge in [0.05, 0.1) is 10.6 Å². The van der Waals surface area contributed by atoms with Crippen LogP contribution in [0.25, 0.3) is 0 Å². The summed E-state index contributed by atoms with van der Waals surface area (Å²) in [5.41, 5.74) is 3.18. The second-order valence-electron chi connectivity index (χ2n) is 10.8. The van der Waals surface area contributed by atoms with Crippen molar-refractivity contribution in [2.45, 2.75) is 76.4 Å². The van der Waals surface area contributed by atoms with E-state index in [0.29, 0.717) is 10.2 Å². The Morgan fingerprint density at radius 3 is 2.27 bits per heavy atom. The van der Waals surface area contributed by atoms with E-state index >= 15 is 0 Å². The topological polar surface area (TPSA) is 86.8 Å². The number of benzene rings is 3. The van der Waals surface area contributed by atoms with Gasteiger partial charge in [-0.3, -0.25) is 13.9 Å². The average molecular weight is 641 g/mol. The van der Waals surface area contributed by atoms with E-state index in [-0.39, 0.29) is 23.4 Å². The number of anilines is 1. The maximum atomic E-state index is 14.1. The Balaban J connectivity index is 1.68. The highest BCUT2D eigenvalue weighted by molar-refractivity contribution is 9.10. The molecule has 3 aromatic carbocycles. The third-order valence-electron chi connectivity index (χ3n) is 7.54. The van der Waals surface area contributed by atoms with Crippen LogP contribution in [0.3, 0.4) is 0 Å². The van der Waals surface area contributed by atoms with Crippen LogP contribution in [-0.2, 0) is 26.2 Å². The first kappa shape index (κ1) is 30.8. The zero-order valence-corrected chi connectivity index (χ0v) is 26.2. The third-order valence-corrected chi connectivity index (χ3v) is 9.82. The fraction of sp³-hybridized carbons (Fsp3) is 0.375. The SMILES string of the molecule is Cc1ccc(S(=O)(=O)N(CC(=O)N(Cc2cccc(C)c2)C(C)C(=O)NC2CCCCC2)c2cccc(Br)c2)cc1. The summed E-state index contributed by atoms with van der Waals surface area (Å²) in [6, 6.07) is 20.5. The lowest BCUT2D eigenvalue weighted by atomic mass is 9.95. The van der Waals surface area contributed by atoms with Gasteiger partial charge < -0.3 is 10.2 Å². The minimum Gasteiger partial charge on any atom is -0.352 e. The van der Waals surface area contributed by atoms with Crippen LogP contribution in [0, 0.1) is 13.8 Å². The van der Waals surface area contributed by atoms with Gasteiger partial charge in [-0.15, -0.1) is 0 Å². The van der Waals surface area contributed by atoms with Crippen LogP contribution in [-0.4, -0.2) is 43.8 Å². The quantitative estimate of drug-likeness (QED) is 0.289. The molecule has 1 aliphatic rings. The van der Waals surface area contributed by atoms with Crippen molar-refractivity contribution in [2.75, 3.05) is 10.8 Å². The van der Waals surface area contributed by atoms with Gasteiger partial charge in [0.1, 0.15) is 12.6 Å². The average Bonchev–Trinajstić information content (AvgIpc) is 2.95. The lowest BCUT2D eigenvalue weighted by molar-refractivity contribution is -0.139. The largest absolute Gasteiger partial charge is 0.352 e. The summed E-state index contributed by atoms with van der Waals surface area (Å²) in [5, 5.41) is 3.13. The Labute approximate surface area is 252 Å². The standard InChI is InChI=1S/C32H38BrN3O4S/c1-23-15-17-30(18-16-23)41(39,40)36(29-14-8-11-27(33)20-29)22-31(37)35(21-26-10-7-9-24(2)19-26)25(3)32(38)34-28-12-5-4-6-13-28/h7-11,14-20,25,28H,4-6,12-13,21-22H2,1-3H3,(H,34,38). The van der Waals surface area contributed by atoms with Gasteiger partial charge in [0.25, 0.3) is 10.0 Å². The maximum Gasteiger partial charge on any atom is 0.264 e. The summed E-state index contributed by atoms with van der Waals surface area (Å²) in [7, 11) is -4.10. The van der Waals surface area contributed by atoms with Crippen molar-refractivity contribution in [1.29, 1.82) is 0 Å². The molecule has 0 saturated heterocycles. The van der Waals surface area contributed by atoms with E-state index in [4.69, 9.17) is 0 Å². The van der Waals surface area contributed by atoms with Crippen molar-refractivity contribution in [1.82, 2.24) is 10.2 Å². The van der Waals surface area contributed by atoms with E-state index in [1.165, 1.54) is 11.3 Å². The Morgan fingerprint density at radius 1 is 0.927 bits per heavy atom. The van der Waals surface area contributed by atoms with Crippen molar-refractivity contribution >= 4 is 43.5 Å². The van der Waals surface area contributed by atoms with E-state index in [2.05, 4.69) is 21.2 Å². The smallest absolute Gasteiger partial charge is 0.264 e. The lowest BCUT2D eigenvalue weighted by Crippen LogP contribution is -2.53. The molecule has 0 aromatic heterocycles. The Bertz CT molecular complexity index is 1470. The van der Waals surface area contributed by atoms with E-state index < -0.39 is 28.5 Å². The number of hydrogen-bond acceptors (Lipinski definition) is 4. The number of nitrogens with zero attached hydrogens (tertiary/aromatic N) is 2. The summed E-state index contributed by atoms with van der Waals surface area (Å²) in [6.45, 7) is 5.28. The van der Waals surface area contributed by atoms with Crippen LogP contribution in [0.5, 0.6) is 0 Å². The number of hydrogen-bond donors (Lipinski definition) is 1. The summed E-state index contributed by atoms with van der Waals surface area (Å²) >= 11 is 3.43. The van der Waals surface area contributed by atoms with Crippen molar-refractivity contribution in [3.8, 4) is 0 Å². The number of aryl methyl sites for hydroxylation is 2. The van der Waals surface area contributed by atoms with Crippen LogP contribution in [0.2, 0.25) is 0 Å². The normalized spacial score (nSPS) is 14.7. The summed E-state index contributed by atoms with van der Waals surface area (Å²) in [6.07, 6.45) is 5.17. The van der Waals surface area contributed by atoms with Gasteiger partial charge in [-0.05, 0) is 69.5 Å². The second kappa shape index (κ2) is 13.7. The molecule has 1 atom stereocenters. The zero-order chi connectivity index (χ0) is 29.6. The molecule has 1 unspecified atom stereocenters. The molecular formula is C32H38BrN3O4S. The molecule has 9 heteroatoms. The fourth-order valence-electron chi connectivity index (χ4n) is 5.16. The monoisotopic (exact) mass is 639 g/mol. The molecule has 0 spiro atoms. The van der Waals surface area contributed by atoms with Gasteiger partial charge >= 0.3 is 0 Å². The van der Waals surface area contributed by atoms with Crippen molar-refractivity contribution in [2.24, 2.45) is 0 Å². The maximum absolute atomic E-state index is 14.1. The van der Waals surface area contributed by atoms with Crippen molar-refractivity contribution in [3.63, 3.8) is 0 Å². The van der Waals surface area contributed by atoms with E-state index in [1.807, 2.05) is 38.1 Å². The molecule has 7 nitrogen and oxygen atoms in total. The molecule has 0 radical (unpaired) electrons. The van der Waals surface area contributed by atoms with E-state index in [1.54, 1.807) is 55.5 Å². The molecule has 1 saturated carbocycles. The minimum atomic E-state index is -4.10. The fourth-order valence-corrected chi connectivity index (χ4v) is 6.95. The first-order valence-electron chi connectivity index (χ1n) is 14.0. The summed E-state index contributed by atoms with van der Waals surface area (Å²) < 4.78 is 29.7. The number of halogens is 1. The highest BCUT2D eigenvalue weighted by Crippen LogP contribution is 2.27. The molecule has 4 rings (SSSR count). The molecule has 1 fully saturated rings. The molecule has 3 aromatic rings. The van der Waals surface area contributed by atoms with Crippen LogP contribution in [0.15, 0.2) is 82.2 Å². The Hall–Kier alpha value is -3.17. The van der Waals surface area contributed by atoms with Crippen molar-refractivity contribution in [3.05, 3.63) is 94.0 Å². The molecule has 0 bridgehead atoms. The molecule has 1 N–H and O–H groups in total. The number of carbonyl (C=O) groups is 2. The van der Waals surface area contributed by atoms with Gasteiger partial charge in [-0.25, -0.2) is 8.42 Å². The molecule has 218 valence electrons. The number of rotatable bonds is 10. The van der Waals surface area contributed by atoms with Gasteiger partial charge in [0, 0.05) is 17.1 Å². The number of carbonyl (C=O) groups excluding carboxylic acids is 2. The van der Waals surface area contributed by atoms with Gasteiger partial charge in [0.2, 0.25) is 11.8 Å². The molecule has 41 heavy (non-hydrogen) atoms. The summed E-state index contributed by atoms with van der Waals surface area (Å²) in [5.74, 6) is -0.693. The molecule has 0 aliphatic heterocycles. The Morgan fingerprint density at radius 2 is 1.61 bits per heavy atom. The molecule has 0 heterocycles. The highest BCUT2D eigenvalue weighted by atomic mass is 79.9. The van der Waals surface area contributed by atoms with Crippen LogP contribution in [0.1, 0.15) is 55.7 Å². The predicted octanol–water partition coefficient (Wildman–Crippen LogP) is 6.13. The first-order chi connectivity index (χ1) is 19.5. The van der Waals surface area contributed by atoms with Gasteiger partial charge in [-0.2, -0.15) is 0 Å². The Kier molecular flexibility index (Phi) is 10.3. The first-order valence-corrected chi connectivity index (χ1v) is 16.3. The zero-order valence-electron chi connectivity index (χ0n) is 23.8. The number of nitrogens with one attached hydrogen (secondary N) is 1. The van der Waals surface area contributed by atoms with E-state index in [0.717, 1.165) is 46.7 Å². The van der Waals surface area contributed by atoms with Gasteiger partial charge in [-0.1, -0.05) is 88.8 Å². The van der Waals surface area contributed by atoms with Gasteiger partial charge in [0.15, 0.2) is 0 Å². The lowest BCUT2D eigenvalue weighted by Gasteiger charge is -2.33. The second-order valence-corrected chi connectivity index (χ2v) is 13.6. The number of sulfonamides is 1. The molecule has 2 amide bonds. The minimum absolute atomic E-state index is 0.0872. The molecule has 1 aliphatic carbocycles. The highest BCUT2D eigenvalue weighted by Gasteiger charge is 2.33.